The Hall–Kier alpha value is -0.680. The summed E-state index contributed by atoms with van der Waals surface area (Å²) in [5.41, 5.74) is -0.178. The van der Waals surface area contributed by atoms with E-state index < -0.39 is 5.60 Å². The summed E-state index contributed by atoms with van der Waals surface area (Å²) >= 11 is 11.8. The molecule has 1 rings (SSSR count). The van der Waals surface area contributed by atoms with Gasteiger partial charge in [0.25, 0.3) is 0 Å². The number of hydrogen-bond acceptors (Lipinski definition) is 1. The summed E-state index contributed by atoms with van der Waals surface area (Å²) in [5, 5.41) is 11.2. The highest BCUT2D eigenvalue weighted by molar-refractivity contribution is 6.42. The number of rotatable bonds is 5. The lowest BCUT2D eigenvalue weighted by atomic mass is 9.98. The molecule has 19 heavy (non-hydrogen) atoms. The summed E-state index contributed by atoms with van der Waals surface area (Å²) in [5.74, 6) is 5.85. The zero-order valence-corrected chi connectivity index (χ0v) is 13.0. The Balaban J connectivity index is 2.61. The van der Waals surface area contributed by atoms with Gasteiger partial charge in [-0.3, -0.25) is 0 Å². The highest BCUT2D eigenvalue weighted by Crippen LogP contribution is 2.22. The fourth-order valence-corrected chi connectivity index (χ4v) is 2.04. The van der Waals surface area contributed by atoms with E-state index in [1.807, 2.05) is 0 Å². The predicted molar refractivity (Wildman–Crippen MR) is 82.7 cm³/mol. The third kappa shape index (κ3) is 6.34. The topological polar surface area (TPSA) is 20.2 Å². The predicted octanol–water partition coefficient (Wildman–Crippen LogP) is 5.07. The van der Waals surface area contributed by atoms with Crippen LogP contribution in [0.3, 0.4) is 0 Å². The summed E-state index contributed by atoms with van der Waals surface area (Å²) in [6.07, 6.45) is 5.23. The molecule has 0 radical (unpaired) electrons. The van der Waals surface area contributed by atoms with Gasteiger partial charge in [0.15, 0.2) is 0 Å². The van der Waals surface area contributed by atoms with E-state index in [-0.39, 0.29) is 0 Å². The van der Waals surface area contributed by atoms with Crippen LogP contribution in [0, 0.1) is 11.8 Å². The van der Waals surface area contributed by atoms with Crippen LogP contribution >= 0.6 is 23.2 Å². The van der Waals surface area contributed by atoms with Gasteiger partial charge in [0.2, 0.25) is 0 Å². The van der Waals surface area contributed by atoms with Crippen molar-refractivity contribution >= 4 is 23.2 Å². The smallest absolute Gasteiger partial charge is 0.123 e. The highest BCUT2D eigenvalue weighted by Gasteiger charge is 2.15. The Labute approximate surface area is 125 Å². The van der Waals surface area contributed by atoms with Crippen molar-refractivity contribution in [2.24, 2.45) is 0 Å². The average molecular weight is 299 g/mol. The van der Waals surface area contributed by atoms with Crippen molar-refractivity contribution in [3.05, 3.63) is 33.8 Å². The first-order chi connectivity index (χ1) is 8.94. The second kappa shape index (κ2) is 7.80. The van der Waals surface area contributed by atoms with E-state index in [0.717, 1.165) is 18.4 Å². The molecule has 0 aliphatic rings. The molecule has 104 valence electrons. The fourth-order valence-electron chi connectivity index (χ4n) is 1.74. The molecule has 1 aromatic rings. The van der Waals surface area contributed by atoms with Crippen molar-refractivity contribution in [2.45, 2.75) is 51.6 Å². The van der Waals surface area contributed by atoms with E-state index in [4.69, 9.17) is 23.2 Å². The second-order valence-electron chi connectivity index (χ2n) is 4.96. The minimum atomic E-state index is -0.945. The molecular formula is C16H20Cl2O. The van der Waals surface area contributed by atoms with E-state index in [2.05, 4.69) is 18.8 Å². The maximum atomic E-state index is 10.2. The lowest BCUT2D eigenvalue weighted by Gasteiger charge is -2.15. The van der Waals surface area contributed by atoms with Crippen LogP contribution in [0.25, 0.3) is 0 Å². The van der Waals surface area contributed by atoms with Crippen molar-refractivity contribution in [3.63, 3.8) is 0 Å². The quantitative estimate of drug-likeness (QED) is 0.594. The van der Waals surface area contributed by atoms with Gasteiger partial charge in [0.1, 0.15) is 5.60 Å². The van der Waals surface area contributed by atoms with Crippen molar-refractivity contribution in [3.8, 4) is 11.8 Å². The molecular weight excluding hydrogens is 279 g/mol. The number of hydrogen-bond donors (Lipinski definition) is 1. The molecule has 1 unspecified atom stereocenters. The molecule has 0 heterocycles. The summed E-state index contributed by atoms with van der Waals surface area (Å²) < 4.78 is 0. The lowest BCUT2D eigenvalue weighted by molar-refractivity contribution is 0.109. The molecule has 0 aliphatic carbocycles. The Kier molecular flexibility index (Phi) is 6.72. The molecule has 0 aliphatic heterocycles. The maximum Gasteiger partial charge on any atom is 0.123 e. The van der Waals surface area contributed by atoms with Crippen molar-refractivity contribution in [2.75, 3.05) is 0 Å². The molecule has 0 spiro atoms. The van der Waals surface area contributed by atoms with Crippen LogP contribution in [-0.4, -0.2) is 10.7 Å². The van der Waals surface area contributed by atoms with Crippen LogP contribution < -0.4 is 0 Å². The largest absolute Gasteiger partial charge is 0.378 e. The monoisotopic (exact) mass is 298 g/mol. The SMILES string of the molecule is CCCCCCC(C)(O)C#Cc1ccc(Cl)c(Cl)c1. The standard InChI is InChI=1S/C16H20Cl2O/c1-3-4-5-6-10-16(2,19)11-9-13-7-8-14(17)15(18)12-13/h7-8,12,19H,3-6,10H2,1-2H3. The minimum absolute atomic E-state index is 0.482. The van der Waals surface area contributed by atoms with Crippen molar-refractivity contribution < 1.29 is 5.11 Å². The van der Waals surface area contributed by atoms with Gasteiger partial charge in [-0.2, -0.15) is 0 Å². The van der Waals surface area contributed by atoms with Gasteiger partial charge in [-0.15, -0.1) is 0 Å². The molecule has 0 saturated heterocycles. The lowest BCUT2D eigenvalue weighted by Crippen LogP contribution is -2.21. The van der Waals surface area contributed by atoms with Crippen LogP contribution in [0.5, 0.6) is 0 Å². The first-order valence-corrected chi connectivity index (χ1v) is 7.41. The molecule has 0 amide bonds. The van der Waals surface area contributed by atoms with Crippen molar-refractivity contribution in [1.82, 2.24) is 0 Å². The molecule has 0 saturated carbocycles. The first-order valence-electron chi connectivity index (χ1n) is 6.65. The van der Waals surface area contributed by atoms with Crippen LogP contribution in [-0.2, 0) is 0 Å². The van der Waals surface area contributed by atoms with Gasteiger partial charge in [-0.1, -0.05) is 61.2 Å². The van der Waals surface area contributed by atoms with E-state index in [9.17, 15) is 5.11 Å². The number of halogens is 2. The zero-order valence-electron chi connectivity index (χ0n) is 11.5. The summed E-state index contributed by atoms with van der Waals surface area (Å²) in [7, 11) is 0. The van der Waals surface area contributed by atoms with Crippen LogP contribution in [0.2, 0.25) is 10.0 Å². The third-order valence-corrected chi connectivity index (χ3v) is 3.65. The Morgan fingerprint density at radius 3 is 2.53 bits per heavy atom. The van der Waals surface area contributed by atoms with Gasteiger partial charge in [0.05, 0.1) is 10.0 Å². The van der Waals surface area contributed by atoms with E-state index in [1.54, 1.807) is 25.1 Å². The summed E-state index contributed by atoms with van der Waals surface area (Å²) in [4.78, 5) is 0. The van der Waals surface area contributed by atoms with Gasteiger partial charge in [-0.05, 0) is 38.0 Å². The fraction of sp³-hybridized carbons (Fsp3) is 0.500. The average Bonchev–Trinajstić information content (AvgIpc) is 2.36. The highest BCUT2D eigenvalue weighted by atomic mass is 35.5. The summed E-state index contributed by atoms with van der Waals surface area (Å²) in [6.45, 7) is 3.92. The van der Waals surface area contributed by atoms with Gasteiger partial charge >= 0.3 is 0 Å². The number of unbranched alkanes of at least 4 members (excludes halogenated alkanes) is 3. The molecule has 0 fully saturated rings. The molecule has 1 nitrogen and oxygen atoms in total. The Morgan fingerprint density at radius 1 is 1.16 bits per heavy atom. The number of benzene rings is 1. The molecule has 0 bridgehead atoms. The number of aliphatic hydroxyl groups is 1. The minimum Gasteiger partial charge on any atom is -0.378 e. The normalized spacial score (nSPS) is 13.5. The van der Waals surface area contributed by atoms with Crippen LogP contribution in [0.4, 0.5) is 0 Å². The van der Waals surface area contributed by atoms with Crippen molar-refractivity contribution in [1.29, 1.82) is 0 Å². The van der Waals surface area contributed by atoms with Gasteiger partial charge < -0.3 is 5.11 Å². The zero-order chi connectivity index (χ0) is 14.3. The maximum absolute atomic E-state index is 10.2. The van der Waals surface area contributed by atoms with E-state index in [1.165, 1.54) is 12.8 Å². The molecule has 1 N–H and O–H groups in total. The van der Waals surface area contributed by atoms with Gasteiger partial charge in [-0.25, -0.2) is 0 Å². The molecule has 1 atom stereocenters. The molecule has 0 aromatic heterocycles. The van der Waals surface area contributed by atoms with Gasteiger partial charge in [0, 0.05) is 5.56 Å². The van der Waals surface area contributed by atoms with E-state index >= 15 is 0 Å². The third-order valence-electron chi connectivity index (χ3n) is 2.91. The Bertz CT molecular complexity index is 469. The Morgan fingerprint density at radius 2 is 1.89 bits per heavy atom. The molecule has 1 aromatic carbocycles. The summed E-state index contributed by atoms with van der Waals surface area (Å²) in [6, 6.07) is 5.22. The van der Waals surface area contributed by atoms with Crippen LogP contribution in [0.1, 0.15) is 51.5 Å². The van der Waals surface area contributed by atoms with Crippen LogP contribution in [0.15, 0.2) is 18.2 Å². The second-order valence-corrected chi connectivity index (χ2v) is 5.78. The first kappa shape index (κ1) is 16.4. The molecule has 3 heteroatoms. The van der Waals surface area contributed by atoms with E-state index in [0.29, 0.717) is 16.5 Å².